The van der Waals surface area contributed by atoms with E-state index in [0.29, 0.717) is 12.6 Å². The number of hydrogen-bond donors (Lipinski definition) is 1. The average Bonchev–Trinajstić information content (AvgIpc) is 2.86. The molecule has 2 aliphatic rings. The van der Waals surface area contributed by atoms with Crippen molar-refractivity contribution in [2.24, 2.45) is 0 Å². The summed E-state index contributed by atoms with van der Waals surface area (Å²) < 4.78 is 19.5. The van der Waals surface area contributed by atoms with Crippen LogP contribution in [-0.4, -0.2) is 36.4 Å². The Labute approximate surface area is 110 Å². The number of benzene rings is 1. The molecular formula is C14H16FNO3. The van der Waals surface area contributed by atoms with Crippen LogP contribution in [0, 0.1) is 5.82 Å². The number of hydrogen-bond acceptors (Lipinski definition) is 3. The molecule has 4 nitrogen and oxygen atoms in total. The lowest BCUT2D eigenvalue weighted by atomic mass is 10.1. The number of carboxylic acids is 1. The smallest absolute Gasteiger partial charge is 0.338 e. The molecule has 1 saturated heterocycles. The van der Waals surface area contributed by atoms with Crippen molar-refractivity contribution in [3.63, 3.8) is 0 Å². The Morgan fingerprint density at radius 1 is 1.42 bits per heavy atom. The van der Waals surface area contributed by atoms with Crippen LogP contribution in [0.2, 0.25) is 0 Å². The average molecular weight is 265 g/mol. The summed E-state index contributed by atoms with van der Waals surface area (Å²) in [7, 11) is 0. The Morgan fingerprint density at radius 3 is 3.00 bits per heavy atom. The molecule has 1 heterocycles. The van der Waals surface area contributed by atoms with Gasteiger partial charge in [-0.2, -0.15) is 0 Å². The lowest BCUT2D eigenvalue weighted by molar-refractivity contribution is 0.0256. The third-order valence-electron chi connectivity index (χ3n) is 4.00. The van der Waals surface area contributed by atoms with Gasteiger partial charge in [-0.25, -0.2) is 9.18 Å². The number of nitrogens with zero attached hydrogens (tertiary/aromatic N) is 1. The fraction of sp³-hybridized carbons (Fsp3) is 0.500. The zero-order chi connectivity index (χ0) is 13.4. The number of anilines is 1. The number of ether oxygens (including phenoxy) is 1. The first kappa shape index (κ1) is 12.4. The molecule has 0 spiro atoms. The van der Waals surface area contributed by atoms with Gasteiger partial charge in [-0.1, -0.05) is 0 Å². The zero-order valence-electron chi connectivity index (χ0n) is 10.5. The molecule has 1 aromatic rings. The van der Waals surface area contributed by atoms with Gasteiger partial charge >= 0.3 is 5.97 Å². The van der Waals surface area contributed by atoms with Crippen molar-refractivity contribution in [3.05, 3.63) is 29.6 Å². The van der Waals surface area contributed by atoms with E-state index in [1.807, 2.05) is 0 Å². The van der Waals surface area contributed by atoms with E-state index in [9.17, 15) is 9.18 Å². The Morgan fingerprint density at radius 2 is 2.26 bits per heavy atom. The second-order valence-electron chi connectivity index (χ2n) is 5.07. The standard InChI is InChI=1S/C14H16FNO3/c15-11-8-9(4-5-10(11)14(17)18)16-6-7-19-13-3-1-2-12(13)16/h4-5,8,12-13H,1-3,6-7H2,(H,17,18). The summed E-state index contributed by atoms with van der Waals surface area (Å²) in [5, 5.41) is 8.84. The van der Waals surface area contributed by atoms with Crippen molar-refractivity contribution >= 4 is 11.7 Å². The first-order valence-electron chi connectivity index (χ1n) is 6.58. The number of carboxylic acid groups (broad SMARTS) is 1. The number of morpholine rings is 1. The summed E-state index contributed by atoms with van der Waals surface area (Å²) in [6.45, 7) is 1.37. The first-order valence-corrected chi connectivity index (χ1v) is 6.58. The Balaban J connectivity index is 1.89. The fourth-order valence-corrected chi connectivity index (χ4v) is 3.10. The summed E-state index contributed by atoms with van der Waals surface area (Å²) in [6.07, 6.45) is 3.46. The van der Waals surface area contributed by atoms with Gasteiger partial charge in [0.15, 0.2) is 0 Å². The van der Waals surface area contributed by atoms with Crippen molar-refractivity contribution in [1.82, 2.24) is 0 Å². The number of fused-ring (bicyclic) bond motifs is 1. The number of carbonyl (C=O) groups is 1. The molecule has 2 unspecified atom stereocenters. The van der Waals surface area contributed by atoms with Crippen LogP contribution in [0.25, 0.3) is 0 Å². The number of aromatic carboxylic acids is 1. The van der Waals surface area contributed by atoms with Gasteiger partial charge in [0, 0.05) is 12.2 Å². The molecule has 0 radical (unpaired) electrons. The van der Waals surface area contributed by atoms with Gasteiger partial charge in [0.05, 0.1) is 24.3 Å². The van der Waals surface area contributed by atoms with Crippen molar-refractivity contribution < 1.29 is 19.0 Å². The molecule has 1 aliphatic carbocycles. The molecule has 0 bridgehead atoms. The summed E-state index contributed by atoms with van der Waals surface area (Å²) in [4.78, 5) is 13.0. The summed E-state index contributed by atoms with van der Waals surface area (Å²) in [5.74, 6) is -1.91. The molecular weight excluding hydrogens is 249 g/mol. The maximum atomic E-state index is 13.8. The van der Waals surface area contributed by atoms with Crippen molar-refractivity contribution in [1.29, 1.82) is 0 Å². The van der Waals surface area contributed by atoms with E-state index in [2.05, 4.69) is 4.90 Å². The normalized spacial score (nSPS) is 26.3. The maximum absolute atomic E-state index is 13.8. The van der Waals surface area contributed by atoms with Crippen molar-refractivity contribution in [3.8, 4) is 0 Å². The predicted molar refractivity (Wildman–Crippen MR) is 68.1 cm³/mol. The van der Waals surface area contributed by atoms with Gasteiger partial charge in [0.1, 0.15) is 5.82 Å². The molecule has 2 fully saturated rings. The van der Waals surface area contributed by atoms with Crippen LogP contribution in [0.3, 0.4) is 0 Å². The second kappa shape index (κ2) is 4.81. The molecule has 1 saturated carbocycles. The van der Waals surface area contributed by atoms with E-state index in [1.54, 1.807) is 6.07 Å². The molecule has 1 N–H and O–H groups in total. The van der Waals surface area contributed by atoms with E-state index < -0.39 is 11.8 Å². The van der Waals surface area contributed by atoms with Crippen LogP contribution in [-0.2, 0) is 4.74 Å². The van der Waals surface area contributed by atoms with Crippen LogP contribution in [0.1, 0.15) is 29.6 Å². The van der Waals surface area contributed by atoms with Gasteiger partial charge in [-0.15, -0.1) is 0 Å². The molecule has 2 atom stereocenters. The molecule has 0 aromatic heterocycles. The molecule has 102 valence electrons. The Hall–Kier alpha value is -1.62. The van der Waals surface area contributed by atoms with Crippen LogP contribution in [0.4, 0.5) is 10.1 Å². The topological polar surface area (TPSA) is 49.8 Å². The fourth-order valence-electron chi connectivity index (χ4n) is 3.10. The van der Waals surface area contributed by atoms with E-state index in [-0.39, 0.29) is 11.7 Å². The van der Waals surface area contributed by atoms with Crippen LogP contribution in [0.5, 0.6) is 0 Å². The van der Waals surface area contributed by atoms with E-state index >= 15 is 0 Å². The minimum absolute atomic E-state index is 0.232. The van der Waals surface area contributed by atoms with E-state index in [0.717, 1.165) is 31.5 Å². The van der Waals surface area contributed by atoms with Crippen LogP contribution < -0.4 is 4.90 Å². The van der Waals surface area contributed by atoms with Crippen molar-refractivity contribution in [2.45, 2.75) is 31.4 Å². The third-order valence-corrected chi connectivity index (χ3v) is 4.00. The van der Waals surface area contributed by atoms with Gasteiger partial charge in [-0.3, -0.25) is 0 Å². The minimum atomic E-state index is -1.23. The Kier molecular flexibility index (Phi) is 3.14. The SMILES string of the molecule is O=C(O)c1ccc(N2CCOC3CCCC32)cc1F. The van der Waals surface area contributed by atoms with Gasteiger partial charge < -0.3 is 14.7 Å². The van der Waals surface area contributed by atoms with Gasteiger partial charge in [0.25, 0.3) is 0 Å². The Bertz CT molecular complexity index is 505. The highest BCUT2D eigenvalue weighted by Crippen LogP contribution is 2.33. The summed E-state index contributed by atoms with van der Waals surface area (Å²) in [6, 6.07) is 4.65. The van der Waals surface area contributed by atoms with Gasteiger partial charge in [0.2, 0.25) is 0 Å². The molecule has 3 rings (SSSR count). The summed E-state index contributed by atoms with van der Waals surface area (Å²) in [5.41, 5.74) is 0.475. The highest BCUT2D eigenvalue weighted by atomic mass is 19.1. The summed E-state index contributed by atoms with van der Waals surface area (Å²) >= 11 is 0. The number of halogens is 1. The van der Waals surface area contributed by atoms with E-state index in [1.165, 1.54) is 12.1 Å². The maximum Gasteiger partial charge on any atom is 0.338 e. The zero-order valence-corrected chi connectivity index (χ0v) is 10.5. The first-order chi connectivity index (χ1) is 9.16. The van der Waals surface area contributed by atoms with E-state index in [4.69, 9.17) is 9.84 Å². The second-order valence-corrected chi connectivity index (χ2v) is 5.07. The highest BCUT2D eigenvalue weighted by molar-refractivity contribution is 5.88. The van der Waals surface area contributed by atoms with Crippen LogP contribution in [0.15, 0.2) is 18.2 Å². The predicted octanol–water partition coefficient (Wildman–Crippen LogP) is 2.28. The third kappa shape index (κ3) is 2.18. The largest absolute Gasteiger partial charge is 0.478 e. The molecule has 1 aliphatic heterocycles. The van der Waals surface area contributed by atoms with Gasteiger partial charge in [-0.05, 0) is 37.5 Å². The minimum Gasteiger partial charge on any atom is -0.478 e. The molecule has 1 aromatic carbocycles. The quantitative estimate of drug-likeness (QED) is 0.891. The molecule has 19 heavy (non-hydrogen) atoms. The lowest BCUT2D eigenvalue weighted by Crippen LogP contribution is -2.48. The lowest BCUT2D eigenvalue weighted by Gasteiger charge is -2.39. The molecule has 0 amide bonds. The monoisotopic (exact) mass is 265 g/mol. The number of rotatable bonds is 2. The van der Waals surface area contributed by atoms with Crippen molar-refractivity contribution in [2.75, 3.05) is 18.1 Å². The molecule has 5 heteroatoms. The highest BCUT2D eigenvalue weighted by Gasteiger charge is 2.36. The van der Waals surface area contributed by atoms with Crippen LogP contribution >= 0.6 is 0 Å².